The second-order valence-electron chi connectivity index (χ2n) is 6.57. The van der Waals surface area contributed by atoms with E-state index in [4.69, 9.17) is 10.5 Å². The molecule has 0 aromatic rings. The van der Waals surface area contributed by atoms with E-state index in [-0.39, 0.29) is 30.3 Å². The van der Waals surface area contributed by atoms with Crippen LogP contribution in [0.25, 0.3) is 0 Å². The highest BCUT2D eigenvalue weighted by Crippen LogP contribution is 2.20. The Morgan fingerprint density at radius 2 is 1.85 bits per heavy atom. The third-order valence-electron chi connectivity index (χ3n) is 3.85. The molecule has 0 saturated carbocycles. The molecular formula is C20H33N3O3. The minimum absolute atomic E-state index is 0.0368. The molecule has 1 amide bonds. The Morgan fingerprint density at radius 1 is 1.23 bits per heavy atom. The highest BCUT2D eigenvalue weighted by atomic mass is 16.5. The van der Waals surface area contributed by atoms with Crippen molar-refractivity contribution in [1.82, 2.24) is 5.32 Å². The van der Waals surface area contributed by atoms with Gasteiger partial charge in [-0.2, -0.15) is 0 Å². The molecule has 0 aliphatic rings. The Bertz CT molecular complexity index is 599. The van der Waals surface area contributed by atoms with Crippen molar-refractivity contribution in [3.63, 3.8) is 0 Å². The fourth-order valence-electron chi connectivity index (χ4n) is 2.10. The number of hydrogen-bond acceptors (Lipinski definition) is 5. The average molecular weight is 364 g/mol. The van der Waals surface area contributed by atoms with Gasteiger partial charge in [0.1, 0.15) is 6.61 Å². The Labute approximate surface area is 157 Å². The first-order chi connectivity index (χ1) is 12.2. The lowest BCUT2D eigenvalue weighted by Gasteiger charge is -2.18. The second kappa shape index (κ2) is 12.1. The van der Waals surface area contributed by atoms with Gasteiger partial charge in [0, 0.05) is 37.0 Å². The van der Waals surface area contributed by atoms with E-state index >= 15 is 0 Å². The lowest BCUT2D eigenvalue weighted by atomic mass is 9.93. The quantitative estimate of drug-likeness (QED) is 0.270. The van der Waals surface area contributed by atoms with E-state index in [2.05, 4.69) is 16.9 Å². The van der Waals surface area contributed by atoms with Crippen molar-refractivity contribution >= 4 is 17.6 Å². The predicted octanol–water partition coefficient (Wildman–Crippen LogP) is 3.11. The monoisotopic (exact) mass is 363 g/mol. The van der Waals surface area contributed by atoms with Crippen LogP contribution in [-0.4, -0.2) is 31.2 Å². The summed E-state index contributed by atoms with van der Waals surface area (Å²) in [6.07, 6.45) is 4.13. The topological polar surface area (TPSA) is 93.8 Å². The second-order valence-corrected chi connectivity index (χ2v) is 6.57. The highest BCUT2D eigenvalue weighted by molar-refractivity contribution is 6.05. The summed E-state index contributed by atoms with van der Waals surface area (Å²) < 4.78 is 5.25. The van der Waals surface area contributed by atoms with Gasteiger partial charge in [-0.25, -0.2) is 0 Å². The average Bonchev–Trinajstić information content (AvgIpc) is 2.59. The first kappa shape index (κ1) is 23.6. The van der Waals surface area contributed by atoms with Crippen molar-refractivity contribution in [2.75, 3.05) is 13.7 Å². The van der Waals surface area contributed by atoms with Crippen molar-refractivity contribution < 1.29 is 14.3 Å². The minimum atomic E-state index is -0.276. The van der Waals surface area contributed by atoms with Gasteiger partial charge in [0.25, 0.3) is 5.91 Å². The molecule has 0 aliphatic carbocycles. The molecule has 0 fully saturated rings. The Hall–Kier alpha value is -2.37. The number of esters is 1. The minimum Gasteiger partial charge on any atom is -0.459 e. The molecule has 0 aliphatic heterocycles. The highest BCUT2D eigenvalue weighted by Gasteiger charge is 2.18. The molecule has 0 unspecified atom stereocenters. The fraction of sp³-hybridized carbons (Fsp3) is 0.550. The fourth-order valence-corrected chi connectivity index (χ4v) is 2.10. The van der Waals surface area contributed by atoms with Gasteiger partial charge in [0.05, 0.1) is 5.71 Å². The van der Waals surface area contributed by atoms with Crippen molar-refractivity contribution in [1.29, 1.82) is 0 Å². The number of allylic oxidation sites excluding steroid dienone is 1. The van der Waals surface area contributed by atoms with Crippen LogP contribution < -0.4 is 11.1 Å². The SMILES string of the molecule is C=C(C(=O)N/C=C(/C(=CN)C(COC(=O)CCC)=NC)C(C)C)C(C)C. The summed E-state index contributed by atoms with van der Waals surface area (Å²) >= 11 is 0. The molecule has 0 rings (SSSR count). The number of rotatable bonds is 10. The molecule has 0 atom stereocenters. The van der Waals surface area contributed by atoms with Crippen molar-refractivity contribution in [2.45, 2.75) is 47.5 Å². The molecule has 0 aromatic carbocycles. The van der Waals surface area contributed by atoms with E-state index in [1.54, 1.807) is 13.2 Å². The van der Waals surface area contributed by atoms with Gasteiger partial charge >= 0.3 is 5.97 Å². The van der Waals surface area contributed by atoms with Gasteiger partial charge in [0.2, 0.25) is 0 Å². The molecule has 0 saturated heterocycles. The third kappa shape index (κ3) is 7.68. The van der Waals surface area contributed by atoms with Gasteiger partial charge in [-0.05, 0) is 23.8 Å². The van der Waals surface area contributed by atoms with Crippen LogP contribution in [0.4, 0.5) is 0 Å². The molecule has 6 nitrogen and oxygen atoms in total. The third-order valence-corrected chi connectivity index (χ3v) is 3.85. The Kier molecular flexibility index (Phi) is 11.0. The van der Waals surface area contributed by atoms with Crippen LogP contribution >= 0.6 is 0 Å². The first-order valence-corrected chi connectivity index (χ1v) is 8.93. The van der Waals surface area contributed by atoms with Crippen molar-refractivity contribution in [3.8, 4) is 0 Å². The number of amides is 1. The largest absolute Gasteiger partial charge is 0.459 e. The lowest BCUT2D eigenvalue weighted by molar-refractivity contribution is -0.141. The maximum absolute atomic E-state index is 12.1. The van der Waals surface area contributed by atoms with Crippen LogP contribution in [0.2, 0.25) is 0 Å². The number of carbonyl (C=O) groups is 2. The number of nitrogens with one attached hydrogen (secondary N) is 1. The molecule has 146 valence electrons. The molecule has 26 heavy (non-hydrogen) atoms. The predicted molar refractivity (Wildman–Crippen MR) is 107 cm³/mol. The lowest BCUT2D eigenvalue weighted by Crippen LogP contribution is -2.24. The summed E-state index contributed by atoms with van der Waals surface area (Å²) in [6, 6.07) is 0. The molecule has 0 bridgehead atoms. The van der Waals surface area contributed by atoms with E-state index in [1.165, 1.54) is 6.20 Å². The van der Waals surface area contributed by atoms with E-state index in [0.717, 1.165) is 12.0 Å². The summed E-state index contributed by atoms with van der Waals surface area (Å²) in [5, 5.41) is 2.76. The smallest absolute Gasteiger partial charge is 0.306 e. The van der Waals surface area contributed by atoms with Crippen LogP contribution in [0.15, 0.2) is 40.7 Å². The zero-order valence-corrected chi connectivity index (χ0v) is 16.9. The summed E-state index contributed by atoms with van der Waals surface area (Å²) in [4.78, 5) is 28.0. The molecule has 0 aromatic heterocycles. The molecule has 0 spiro atoms. The van der Waals surface area contributed by atoms with E-state index < -0.39 is 0 Å². The zero-order chi connectivity index (χ0) is 20.3. The maximum Gasteiger partial charge on any atom is 0.306 e. The van der Waals surface area contributed by atoms with Crippen molar-refractivity contribution in [2.24, 2.45) is 22.6 Å². The van der Waals surface area contributed by atoms with Crippen LogP contribution in [0.5, 0.6) is 0 Å². The molecule has 0 heterocycles. The normalized spacial score (nSPS) is 13.2. The summed E-state index contributed by atoms with van der Waals surface area (Å²) in [6.45, 7) is 13.5. The maximum atomic E-state index is 12.1. The van der Waals surface area contributed by atoms with Gasteiger partial charge in [-0.1, -0.05) is 41.2 Å². The standard InChI is InChI=1S/C20H33N3O3/c1-8-9-19(24)26-12-18(22-7)16(10-21)17(14(4)5)11-23-20(25)15(6)13(2)3/h10-11,13-14H,6,8-9,12,21H2,1-5,7H3,(H,23,25)/b16-10?,17-11+,22-18?. The van der Waals surface area contributed by atoms with Crippen LogP contribution in [0.3, 0.4) is 0 Å². The van der Waals surface area contributed by atoms with Gasteiger partial charge in [-0.15, -0.1) is 0 Å². The zero-order valence-electron chi connectivity index (χ0n) is 16.9. The number of nitrogens with zero attached hydrogens (tertiary/aromatic N) is 1. The number of hydrogen-bond donors (Lipinski definition) is 2. The van der Waals surface area contributed by atoms with E-state index in [9.17, 15) is 9.59 Å². The molecule has 3 N–H and O–H groups in total. The van der Waals surface area contributed by atoms with E-state index in [0.29, 0.717) is 23.3 Å². The van der Waals surface area contributed by atoms with Crippen molar-refractivity contribution in [3.05, 3.63) is 35.7 Å². The summed E-state index contributed by atoms with van der Waals surface area (Å²) in [7, 11) is 1.61. The number of ether oxygens (including phenoxy) is 1. The molecular weight excluding hydrogens is 330 g/mol. The number of nitrogens with two attached hydrogens (primary N) is 1. The number of aliphatic imine (C=N–C) groups is 1. The molecule has 6 heteroatoms. The van der Waals surface area contributed by atoms with Crippen LogP contribution in [0.1, 0.15) is 47.5 Å². The van der Waals surface area contributed by atoms with Gasteiger partial charge < -0.3 is 15.8 Å². The number of carbonyl (C=O) groups excluding carboxylic acids is 2. The van der Waals surface area contributed by atoms with E-state index in [1.807, 2.05) is 34.6 Å². The Balaban J connectivity index is 5.39. The summed E-state index contributed by atoms with van der Waals surface area (Å²) in [5.41, 5.74) is 8.30. The van der Waals surface area contributed by atoms with Gasteiger partial charge in [-0.3, -0.25) is 14.6 Å². The summed E-state index contributed by atoms with van der Waals surface area (Å²) in [5.74, 6) is -0.387. The van der Waals surface area contributed by atoms with Crippen LogP contribution in [-0.2, 0) is 14.3 Å². The first-order valence-electron chi connectivity index (χ1n) is 8.93. The van der Waals surface area contributed by atoms with Crippen LogP contribution in [0, 0.1) is 11.8 Å². The molecule has 0 radical (unpaired) electrons. The van der Waals surface area contributed by atoms with Gasteiger partial charge in [0.15, 0.2) is 0 Å². The Morgan fingerprint density at radius 3 is 2.27 bits per heavy atom.